The van der Waals surface area contributed by atoms with Crippen LogP contribution in [-0.4, -0.2) is 41.9 Å². The molecule has 0 bridgehead atoms. The summed E-state index contributed by atoms with van der Waals surface area (Å²) in [4.78, 5) is 12.4. The lowest BCUT2D eigenvalue weighted by Crippen LogP contribution is -2.46. The molecule has 0 rings (SSSR count). The van der Waals surface area contributed by atoms with Crippen LogP contribution in [0.15, 0.2) is 85.1 Å². The Kier molecular flexibility index (Phi) is 29.8. The van der Waals surface area contributed by atoms with Crippen molar-refractivity contribution in [2.45, 2.75) is 142 Å². The summed E-state index contributed by atoms with van der Waals surface area (Å²) in [5, 5.41) is 13.1. The molecule has 2 unspecified atom stereocenters. The Balaban J connectivity index is 4.22. The van der Waals surface area contributed by atoms with E-state index in [0.717, 1.165) is 64.2 Å². The molecule has 256 valence electrons. The number of aliphatic hydroxyl groups is 1. The summed E-state index contributed by atoms with van der Waals surface area (Å²) in [6.07, 6.45) is 45.6. The van der Waals surface area contributed by atoms with E-state index in [1.807, 2.05) is 0 Å². The second kappa shape index (κ2) is 31.5. The van der Waals surface area contributed by atoms with Crippen molar-refractivity contribution in [1.82, 2.24) is 5.32 Å². The molecule has 0 aliphatic heterocycles. The summed E-state index contributed by atoms with van der Waals surface area (Å²) in [6.45, 7) is 4.36. The molecule has 0 heterocycles. The first-order chi connectivity index (χ1) is 21.8. The predicted octanol–water partition coefficient (Wildman–Crippen LogP) is 9.67. The van der Waals surface area contributed by atoms with E-state index in [4.69, 9.17) is 0 Å². The smallest absolute Gasteiger partial charge is 0.267 e. The molecule has 7 heteroatoms. The first kappa shape index (κ1) is 42.5. The van der Waals surface area contributed by atoms with Crippen molar-refractivity contribution >= 4 is 16.0 Å². The van der Waals surface area contributed by atoms with Gasteiger partial charge in [-0.05, 0) is 83.5 Å². The maximum absolute atomic E-state index is 12.4. The topological polar surface area (TPSA) is 104 Å². The third kappa shape index (κ3) is 32.7. The standard InChI is InChI=1S/C38H63NO5S/c1-3-5-7-9-11-13-15-17-19-21-23-25-27-29-31-33-37(40)36(35-45(42,43)44)39-38(41)34-32-30-28-26-24-22-20-18-16-14-12-10-8-6-4-2/h6,8,12,14-15,17-18,20,23-26,31,33,36-37,40H,3-5,7,9-11,13,16,19,21-22,27-30,32,34-35H2,1-2H3,(H,39,41)(H,42,43,44)/b8-6-,14-12-,17-15+,20-18-,25-23+,26-24-,33-31+. The van der Waals surface area contributed by atoms with Crippen LogP contribution in [0.4, 0.5) is 0 Å². The monoisotopic (exact) mass is 645 g/mol. The Morgan fingerprint density at radius 1 is 0.622 bits per heavy atom. The maximum Gasteiger partial charge on any atom is 0.267 e. The molecule has 2 atom stereocenters. The van der Waals surface area contributed by atoms with Gasteiger partial charge in [-0.2, -0.15) is 8.42 Å². The van der Waals surface area contributed by atoms with Crippen molar-refractivity contribution in [2.24, 2.45) is 0 Å². The van der Waals surface area contributed by atoms with Crippen LogP contribution in [0.25, 0.3) is 0 Å². The highest BCUT2D eigenvalue weighted by atomic mass is 32.2. The summed E-state index contributed by atoms with van der Waals surface area (Å²) in [6, 6.07) is -1.10. The number of hydrogen-bond donors (Lipinski definition) is 3. The van der Waals surface area contributed by atoms with Crippen LogP contribution < -0.4 is 5.32 Å². The van der Waals surface area contributed by atoms with Gasteiger partial charge < -0.3 is 10.4 Å². The fraction of sp³-hybridized carbons (Fsp3) is 0.605. The predicted molar refractivity (Wildman–Crippen MR) is 193 cm³/mol. The number of aliphatic hydroxyl groups excluding tert-OH is 1. The van der Waals surface area contributed by atoms with E-state index in [-0.39, 0.29) is 12.3 Å². The highest BCUT2D eigenvalue weighted by molar-refractivity contribution is 7.85. The van der Waals surface area contributed by atoms with Gasteiger partial charge in [0.05, 0.1) is 17.9 Å². The van der Waals surface area contributed by atoms with Gasteiger partial charge >= 0.3 is 0 Å². The minimum absolute atomic E-state index is 0.227. The Morgan fingerprint density at radius 2 is 1.09 bits per heavy atom. The van der Waals surface area contributed by atoms with Gasteiger partial charge in [-0.1, -0.05) is 125 Å². The maximum atomic E-state index is 12.4. The molecule has 0 saturated heterocycles. The normalized spacial score (nSPS) is 14.5. The molecule has 0 aromatic carbocycles. The van der Waals surface area contributed by atoms with Gasteiger partial charge in [-0.3, -0.25) is 9.35 Å². The molecule has 0 aliphatic carbocycles. The van der Waals surface area contributed by atoms with E-state index < -0.39 is 28.0 Å². The first-order valence-corrected chi connectivity index (χ1v) is 18.9. The van der Waals surface area contributed by atoms with Gasteiger partial charge in [0, 0.05) is 6.42 Å². The number of carbonyl (C=O) groups excluding carboxylic acids is 1. The van der Waals surface area contributed by atoms with Crippen molar-refractivity contribution in [2.75, 3.05) is 5.75 Å². The van der Waals surface area contributed by atoms with Gasteiger partial charge in [-0.25, -0.2) is 0 Å². The van der Waals surface area contributed by atoms with E-state index in [1.54, 1.807) is 6.08 Å². The van der Waals surface area contributed by atoms with Gasteiger partial charge in [0.15, 0.2) is 0 Å². The molecule has 0 spiro atoms. The van der Waals surface area contributed by atoms with Gasteiger partial charge in [-0.15, -0.1) is 0 Å². The third-order valence-electron chi connectivity index (χ3n) is 7.03. The van der Waals surface area contributed by atoms with E-state index in [1.165, 1.54) is 38.2 Å². The molecule has 0 aliphatic rings. The average Bonchev–Trinajstić information content (AvgIpc) is 3.00. The second-order valence-electron chi connectivity index (χ2n) is 11.4. The van der Waals surface area contributed by atoms with Crippen molar-refractivity contribution < 1.29 is 22.9 Å². The first-order valence-electron chi connectivity index (χ1n) is 17.3. The molecule has 0 fully saturated rings. The molecule has 0 aromatic rings. The second-order valence-corrected chi connectivity index (χ2v) is 12.9. The number of hydrogen-bond acceptors (Lipinski definition) is 4. The zero-order chi connectivity index (χ0) is 33.3. The highest BCUT2D eigenvalue weighted by Crippen LogP contribution is 2.08. The minimum Gasteiger partial charge on any atom is -0.387 e. The zero-order valence-electron chi connectivity index (χ0n) is 28.2. The summed E-state index contributed by atoms with van der Waals surface area (Å²) >= 11 is 0. The molecule has 3 N–H and O–H groups in total. The minimum atomic E-state index is -4.37. The summed E-state index contributed by atoms with van der Waals surface area (Å²) < 4.78 is 32.3. The van der Waals surface area contributed by atoms with Crippen LogP contribution in [0.5, 0.6) is 0 Å². The molecule has 0 radical (unpaired) electrons. The van der Waals surface area contributed by atoms with E-state index in [0.29, 0.717) is 12.8 Å². The van der Waals surface area contributed by atoms with Crippen molar-refractivity contribution in [3.8, 4) is 0 Å². The largest absolute Gasteiger partial charge is 0.387 e. The Labute approximate surface area is 276 Å². The lowest BCUT2D eigenvalue weighted by Gasteiger charge is -2.21. The molecule has 0 saturated carbocycles. The molecule has 45 heavy (non-hydrogen) atoms. The lowest BCUT2D eigenvalue weighted by atomic mass is 10.1. The Bertz CT molecular complexity index is 1020. The molecular weight excluding hydrogens is 582 g/mol. The van der Waals surface area contributed by atoms with Crippen molar-refractivity contribution in [1.29, 1.82) is 0 Å². The van der Waals surface area contributed by atoms with Crippen LogP contribution in [-0.2, 0) is 14.9 Å². The molecule has 0 aromatic heterocycles. The summed E-state index contributed by atoms with van der Waals surface area (Å²) in [5.41, 5.74) is 0. The van der Waals surface area contributed by atoms with E-state index in [9.17, 15) is 22.9 Å². The number of rotatable bonds is 29. The molecule has 1 amide bonds. The fourth-order valence-corrected chi connectivity index (χ4v) is 5.20. The van der Waals surface area contributed by atoms with Gasteiger partial charge in [0.25, 0.3) is 10.1 Å². The van der Waals surface area contributed by atoms with Crippen molar-refractivity contribution in [3.63, 3.8) is 0 Å². The fourth-order valence-electron chi connectivity index (χ4n) is 4.47. The number of amides is 1. The van der Waals surface area contributed by atoms with Crippen LogP contribution in [0, 0.1) is 0 Å². The Morgan fingerprint density at radius 3 is 1.64 bits per heavy atom. The number of carbonyl (C=O) groups is 1. The summed E-state index contributed by atoms with van der Waals surface area (Å²) in [5.74, 6) is -1.08. The van der Waals surface area contributed by atoms with Crippen LogP contribution in [0.2, 0.25) is 0 Å². The van der Waals surface area contributed by atoms with Gasteiger partial charge in [0.1, 0.15) is 0 Å². The average molecular weight is 646 g/mol. The highest BCUT2D eigenvalue weighted by Gasteiger charge is 2.24. The summed E-state index contributed by atoms with van der Waals surface area (Å²) in [7, 11) is -4.37. The number of allylic oxidation sites excluding steroid dienone is 13. The third-order valence-corrected chi connectivity index (χ3v) is 7.81. The number of nitrogens with one attached hydrogen (secondary N) is 1. The zero-order valence-corrected chi connectivity index (χ0v) is 29.0. The van der Waals surface area contributed by atoms with Crippen LogP contribution in [0.1, 0.15) is 129 Å². The SMILES string of the molecule is CC/C=C\C/C=C\C/C=C\C/C=C\CCCCC(=O)NC(CS(=O)(=O)O)C(O)/C=C/CC/C=C/CC/C=C/CCCCCCC. The molecule has 6 nitrogen and oxygen atoms in total. The number of unbranched alkanes of at least 4 members (excludes halogenated alkanes) is 9. The quantitative estimate of drug-likeness (QED) is 0.0427. The van der Waals surface area contributed by atoms with Gasteiger partial charge in [0.2, 0.25) is 5.91 Å². The lowest BCUT2D eigenvalue weighted by molar-refractivity contribution is -0.122. The van der Waals surface area contributed by atoms with E-state index in [2.05, 4.69) is 92.1 Å². The van der Waals surface area contributed by atoms with Crippen LogP contribution in [0.3, 0.4) is 0 Å². The van der Waals surface area contributed by atoms with E-state index >= 15 is 0 Å². The van der Waals surface area contributed by atoms with Crippen LogP contribution >= 0.6 is 0 Å². The Hall–Kier alpha value is -2.48. The molecular formula is C38H63NO5S. The van der Waals surface area contributed by atoms with Crippen molar-refractivity contribution in [3.05, 3.63) is 85.1 Å².